The van der Waals surface area contributed by atoms with Gasteiger partial charge < -0.3 is 14.6 Å². The van der Waals surface area contributed by atoms with Crippen LogP contribution < -0.4 is 10.1 Å². The van der Waals surface area contributed by atoms with Crippen molar-refractivity contribution in [3.63, 3.8) is 0 Å². The fourth-order valence-electron chi connectivity index (χ4n) is 3.67. The van der Waals surface area contributed by atoms with Crippen LogP contribution in [-0.4, -0.2) is 36.4 Å². The summed E-state index contributed by atoms with van der Waals surface area (Å²) < 4.78 is 36.7. The van der Waals surface area contributed by atoms with Crippen molar-refractivity contribution < 1.29 is 13.5 Å². The van der Waals surface area contributed by atoms with Gasteiger partial charge in [0.1, 0.15) is 46.6 Å². The number of nitrogens with one attached hydrogen (secondary N) is 1. The van der Waals surface area contributed by atoms with E-state index in [1.807, 2.05) is 25.1 Å². The lowest BCUT2D eigenvalue weighted by Crippen LogP contribution is -2.01. The maximum Gasteiger partial charge on any atom is 0.158 e. The van der Waals surface area contributed by atoms with Crippen LogP contribution in [0.5, 0.6) is 5.75 Å². The molecule has 0 aliphatic carbocycles. The summed E-state index contributed by atoms with van der Waals surface area (Å²) >= 11 is 0. The minimum Gasteiger partial charge on any atom is -0.494 e. The first-order valence-corrected chi connectivity index (χ1v) is 10.0. The van der Waals surface area contributed by atoms with Gasteiger partial charge in [-0.05, 0) is 37.3 Å². The molecular formula is C23H19F2N7O. The Labute approximate surface area is 187 Å². The molecule has 5 aromatic rings. The van der Waals surface area contributed by atoms with Gasteiger partial charge in [0.15, 0.2) is 5.82 Å². The Balaban J connectivity index is 1.54. The maximum absolute atomic E-state index is 14.4. The van der Waals surface area contributed by atoms with Crippen LogP contribution in [-0.2, 0) is 7.05 Å². The predicted molar refractivity (Wildman–Crippen MR) is 120 cm³/mol. The number of anilines is 2. The summed E-state index contributed by atoms with van der Waals surface area (Å²) in [5, 5.41) is 7.58. The average Bonchev–Trinajstić information content (AvgIpc) is 3.38. The SMILES string of the molecule is COc1cc(Nc2nccc3c2nc(-c2ccc(F)cc2F)n3C)ccc1-n1cnc(C)n1. The summed E-state index contributed by atoms with van der Waals surface area (Å²) in [6, 6.07) is 10.7. The van der Waals surface area contributed by atoms with E-state index in [-0.39, 0.29) is 5.56 Å². The smallest absolute Gasteiger partial charge is 0.158 e. The first-order chi connectivity index (χ1) is 15.9. The lowest BCUT2D eigenvalue weighted by Gasteiger charge is -2.12. The van der Waals surface area contributed by atoms with Crippen LogP contribution in [0.4, 0.5) is 20.3 Å². The molecule has 8 nitrogen and oxygen atoms in total. The minimum absolute atomic E-state index is 0.204. The highest BCUT2D eigenvalue weighted by Crippen LogP contribution is 2.32. The predicted octanol–water partition coefficient (Wildman–Crippen LogP) is 4.55. The summed E-state index contributed by atoms with van der Waals surface area (Å²) in [6.45, 7) is 1.81. The third-order valence-corrected chi connectivity index (χ3v) is 5.27. The molecule has 0 saturated heterocycles. The van der Waals surface area contributed by atoms with E-state index in [0.29, 0.717) is 34.4 Å². The Kier molecular flexibility index (Phi) is 4.97. The molecule has 0 aliphatic rings. The van der Waals surface area contributed by atoms with Crippen LogP contribution in [0.1, 0.15) is 5.82 Å². The van der Waals surface area contributed by atoms with E-state index < -0.39 is 11.6 Å². The van der Waals surface area contributed by atoms with Gasteiger partial charge in [0, 0.05) is 31.1 Å². The average molecular weight is 447 g/mol. The molecule has 0 radical (unpaired) electrons. The normalized spacial score (nSPS) is 11.2. The van der Waals surface area contributed by atoms with Gasteiger partial charge in [0.25, 0.3) is 0 Å². The molecule has 2 aromatic carbocycles. The number of pyridine rings is 1. The highest BCUT2D eigenvalue weighted by atomic mass is 19.1. The van der Waals surface area contributed by atoms with Gasteiger partial charge in [-0.2, -0.15) is 5.10 Å². The van der Waals surface area contributed by atoms with Crippen LogP contribution in [0.15, 0.2) is 55.0 Å². The highest BCUT2D eigenvalue weighted by molar-refractivity contribution is 5.90. The summed E-state index contributed by atoms with van der Waals surface area (Å²) in [5.74, 6) is 0.777. The van der Waals surface area contributed by atoms with Crippen molar-refractivity contribution in [2.45, 2.75) is 6.92 Å². The van der Waals surface area contributed by atoms with Crippen molar-refractivity contribution in [1.82, 2.24) is 29.3 Å². The van der Waals surface area contributed by atoms with Gasteiger partial charge in [-0.15, -0.1) is 0 Å². The molecule has 0 saturated carbocycles. The van der Waals surface area contributed by atoms with Crippen LogP contribution in [0.2, 0.25) is 0 Å². The third kappa shape index (κ3) is 3.65. The van der Waals surface area contributed by atoms with Crippen LogP contribution in [0.3, 0.4) is 0 Å². The second kappa shape index (κ2) is 7.97. The molecule has 5 rings (SSSR count). The number of fused-ring (bicyclic) bond motifs is 1. The summed E-state index contributed by atoms with van der Waals surface area (Å²) in [5.41, 5.74) is 2.95. The molecular weight excluding hydrogens is 428 g/mol. The Morgan fingerprint density at radius 3 is 2.61 bits per heavy atom. The molecule has 0 spiro atoms. The van der Waals surface area contributed by atoms with Gasteiger partial charge >= 0.3 is 0 Å². The lowest BCUT2D eigenvalue weighted by atomic mass is 10.2. The van der Waals surface area contributed by atoms with Crippen molar-refractivity contribution in [2.24, 2.45) is 7.05 Å². The first-order valence-electron chi connectivity index (χ1n) is 10.0. The Bertz CT molecular complexity index is 1490. The lowest BCUT2D eigenvalue weighted by molar-refractivity contribution is 0.412. The van der Waals surface area contributed by atoms with Gasteiger partial charge in [0.05, 0.1) is 18.2 Å². The van der Waals surface area contributed by atoms with Crippen molar-refractivity contribution >= 4 is 22.5 Å². The molecule has 10 heteroatoms. The molecule has 0 bridgehead atoms. The molecule has 0 atom stereocenters. The number of methoxy groups -OCH3 is 1. The topological polar surface area (TPSA) is 82.7 Å². The standard InChI is InChI=1S/C23H19F2N7O/c1-13-27-12-32(30-13)18-7-5-15(11-20(18)33-3)28-22-21-19(8-9-26-22)31(2)23(29-21)16-6-4-14(24)10-17(16)25/h4-12H,1-3H3,(H,26,28). The highest BCUT2D eigenvalue weighted by Gasteiger charge is 2.17. The number of imidazole rings is 1. The Morgan fingerprint density at radius 1 is 1.03 bits per heavy atom. The molecule has 1 N–H and O–H groups in total. The zero-order valence-corrected chi connectivity index (χ0v) is 18.0. The molecule has 0 aliphatic heterocycles. The van der Waals surface area contributed by atoms with E-state index in [1.54, 1.807) is 42.0 Å². The molecule has 0 amide bonds. The maximum atomic E-state index is 14.4. The van der Waals surface area contributed by atoms with E-state index in [4.69, 9.17) is 4.74 Å². The Hall–Kier alpha value is -4.34. The number of benzene rings is 2. The molecule has 166 valence electrons. The van der Waals surface area contributed by atoms with Crippen LogP contribution >= 0.6 is 0 Å². The fourth-order valence-corrected chi connectivity index (χ4v) is 3.67. The number of hydrogen-bond acceptors (Lipinski definition) is 6. The molecule has 0 unspecified atom stereocenters. The van der Waals surface area contributed by atoms with Gasteiger partial charge in [0.2, 0.25) is 0 Å². The number of nitrogens with zero attached hydrogens (tertiary/aromatic N) is 6. The summed E-state index contributed by atoms with van der Waals surface area (Å²) in [7, 11) is 3.35. The molecule has 3 aromatic heterocycles. The van der Waals surface area contributed by atoms with Gasteiger partial charge in [-0.1, -0.05) is 0 Å². The summed E-state index contributed by atoms with van der Waals surface area (Å²) in [6.07, 6.45) is 3.26. The number of halogens is 2. The third-order valence-electron chi connectivity index (χ3n) is 5.27. The summed E-state index contributed by atoms with van der Waals surface area (Å²) in [4.78, 5) is 13.2. The number of aromatic nitrogens is 6. The first kappa shape index (κ1) is 20.6. The quantitative estimate of drug-likeness (QED) is 0.426. The molecule has 3 heterocycles. The second-order valence-corrected chi connectivity index (χ2v) is 7.39. The number of ether oxygens (including phenoxy) is 1. The van der Waals surface area contributed by atoms with Crippen molar-refractivity contribution in [2.75, 3.05) is 12.4 Å². The number of hydrogen-bond donors (Lipinski definition) is 1. The molecule has 0 fully saturated rings. The van der Waals surface area contributed by atoms with Gasteiger partial charge in [-0.25, -0.2) is 28.4 Å². The van der Waals surface area contributed by atoms with E-state index in [0.717, 1.165) is 17.3 Å². The van der Waals surface area contributed by atoms with Crippen molar-refractivity contribution in [3.05, 3.63) is 72.4 Å². The number of rotatable bonds is 5. The number of aryl methyl sites for hydroxylation is 2. The van der Waals surface area contributed by atoms with E-state index in [2.05, 4.69) is 25.4 Å². The van der Waals surface area contributed by atoms with Crippen molar-refractivity contribution in [1.29, 1.82) is 0 Å². The van der Waals surface area contributed by atoms with Crippen LogP contribution in [0, 0.1) is 18.6 Å². The monoisotopic (exact) mass is 447 g/mol. The zero-order valence-electron chi connectivity index (χ0n) is 18.0. The zero-order chi connectivity index (χ0) is 23.1. The van der Waals surface area contributed by atoms with E-state index in [1.165, 1.54) is 12.1 Å². The van der Waals surface area contributed by atoms with Crippen LogP contribution in [0.25, 0.3) is 28.1 Å². The largest absolute Gasteiger partial charge is 0.494 e. The second-order valence-electron chi connectivity index (χ2n) is 7.39. The van der Waals surface area contributed by atoms with Crippen molar-refractivity contribution in [3.8, 4) is 22.8 Å². The Morgan fingerprint density at radius 2 is 1.88 bits per heavy atom. The van der Waals surface area contributed by atoms with Gasteiger partial charge in [-0.3, -0.25) is 0 Å². The fraction of sp³-hybridized carbons (Fsp3) is 0.130. The molecule has 33 heavy (non-hydrogen) atoms. The van der Waals surface area contributed by atoms with E-state index >= 15 is 0 Å². The van der Waals surface area contributed by atoms with E-state index in [9.17, 15) is 8.78 Å². The minimum atomic E-state index is -0.681.